The van der Waals surface area contributed by atoms with Crippen molar-refractivity contribution in [1.82, 2.24) is 14.8 Å². The topological polar surface area (TPSA) is 50.9 Å². The third-order valence-corrected chi connectivity index (χ3v) is 3.59. The molecule has 0 saturated carbocycles. The predicted molar refractivity (Wildman–Crippen MR) is 63.6 cm³/mol. The Morgan fingerprint density at radius 3 is 2.62 bits per heavy atom. The third kappa shape index (κ3) is 2.01. The Kier molecular flexibility index (Phi) is 3.07. The summed E-state index contributed by atoms with van der Waals surface area (Å²) in [5.41, 5.74) is 3.89. The molecule has 0 bridgehead atoms. The average molecular weight is 237 g/mol. The second-order valence-electron chi connectivity index (χ2n) is 3.85. The molecule has 0 atom stereocenters. The van der Waals surface area contributed by atoms with E-state index in [9.17, 15) is 5.11 Å². The van der Waals surface area contributed by atoms with Gasteiger partial charge in [0.1, 0.15) is 5.01 Å². The molecular weight excluding hydrogens is 222 g/mol. The van der Waals surface area contributed by atoms with Crippen LogP contribution >= 0.6 is 11.3 Å². The zero-order valence-corrected chi connectivity index (χ0v) is 10.5. The van der Waals surface area contributed by atoms with Gasteiger partial charge in [0, 0.05) is 22.3 Å². The lowest BCUT2D eigenvalue weighted by Crippen LogP contribution is -2.04. The van der Waals surface area contributed by atoms with E-state index in [1.165, 1.54) is 0 Å². The van der Waals surface area contributed by atoms with Crippen molar-refractivity contribution in [3.8, 4) is 0 Å². The Morgan fingerprint density at radius 2 is 2.12 bits per heavy atom. The van der Waals surface area contributed by atoms with E-state index in [0.29, 0.717) is 6.54 Å². The summed E-state index contributed by atoms with van der Waals surface area (Å²) < 4.78 is 1.90. The summed E-state index contributed by atoms with van der Waals surface area (Å²) in [7, 11) is 0. The number of aliphatic hydroxyl groups is 1. The summed E-state index contributed by atoms with van der Waals surface area (Å²) in [6.07, 6.45) is 0. The van der Waals surface area contributed by atoms with Gasteiger partial charge in [0.2, 0.25) is 0 Å². The fourth-order valence-corrected chi connectivity index (χ4v) is 2.47. The van der Waals surface area contributed by atoms with E-state index >= 15 is 0 Å². The molecule has 1 N–H and O–H groups in total. The van der Waals surface area contributed by atoms with Gasteiger partial charge in [0.25, 0.3) is 0 Å². The molecular formula is C11H15N3OS. The maximum Gasteiger partial charge on any atom is 0.114 e. The Hall–Kier alpha value is -1.20. The van der Waals surface area contributed by atoms with E-state index in [4.69, 9.17) is 0 Å². The summed E-state index contributed by atoms with van der Waals surface area (Å²) in [6.45, 7) is 6.62. The summed E-state index contributed by atoms with van der Waals surface area (Å²) >= 11 is 1.64. The van der Waals surface area contributed by atoms with Crippen LogP contribution in [0.4, 0.5) is 0 Å². The van der Waals surface area contributed by atoms with Gasteiger partial charge in [-0.25, -0.2) is 4.98 Å². The standard InChI is InChI=1S/C11H15N3OS/c1-7-6-16-11(12-7)4-14-9(3)10(5-15)8(2)13-14/h6,15H,4-5H2,1-3H3. The van der Waals surface area contributed by atoms with E-state index < -0.39 is 0 Å². The Balaban J connectivity index is 2.28. The van der Waals surface area contributed by atoms with E-state index in [0.717, 1.165) is 27.7 Å². The van der Waals surface area contributed by atoms with Gasteiger partial charge in [0.05, 0.1) is 18.8 Å². The number of hydrogen-bond donors (Lipinski definition) is 1. The first kappa shape index (κ1) is 11.3. The molecule has 2 heterocycles. The highest BCUT2D eigenvalue weighted by Crippen LogP contribution is 2.16. The maximum atomic E-state index is 9.22. The number of aromatic nitrogens is 3. The van der Waals surface area contributed by atoms with Crippen molar-refractivity contribution in [2.24, 2.45) is 0 Å². The summed E-state index contributed by atoms with van der Waals surface area (Å²) in [5.74, 6) is 0. The van der Waals surface area contributed by atoms with Gasteiger partial charge < -0.3 is 5.11 Å². The van der Waals surface area contributed by atoms with Gasteiger partial charge in [-0.3, -0.25) is 4.68 Å². The summed E-state index contributed by atoms with van der Waals surface area (Å²) in [4.78, 5) is 4.41. The van der Waals surface area contributed by atoms with Crippen molar-refractivity contribution in [2.75, 3.05) is 0 Å². The molecule has 86 valence electrons. The number of thiazole rings is 1. The van der Waals surface area contributed by atoms with E-state index in [1.54, 1.807) is 11.3 Å². The highest BCUT2D eigenvalue weighted by atomic mass is 32.1. The molecule has 5 heteroatoms. The van der Waals surface area contributed by atoms with Crippen molar-refractivity contribution < 1.29 is 5.11 Å². The molecule has 0 amide bonds. The minimum atomic E-state index is 0.0502. The normalized spacial score (nSPS) is 11.0. The lowest BCUT2D eigenvalue weighted by Gasteiger charge is -2.01. The molecule has 0 spiro atoms. The minimum Gasteiger partial charge on any atom is -0.392 e. The first-order chi connectivity index (χ1) is 7.61. The fourth-order valence-electron chi connectivity index (χ4n) is 1.72. The van der Waals surface area contributed by atoms with Crippen LogP contribution in [0.15, 0.2) is 5.38 Å². The summed E-state index contributed by atoms with van der Waals surface area (Å²) in [6, 6.07) is 0. The van der Waals surface area contributed by atoms with Crippen molar-refractivity contribution >= 4 is 11.3 Å². The molecule has 2 aromatic rings. The molecule has 0 fully saturated rings. The molecule has 2 rings (SSSR count). The third-order valence-electron chi connectivity index (χ3n) is 2.64. The van der Waals surface area contributed by atoms with Crippen LogP contribution in [0, 0.1) is 20.8 Å². The van der Waals surface area contributed by atoms with E-state index in [1.807, 2.05) is 30.8 Å². The molecule has 16 heavy (non-hydrogen) atoms. The van der Waals surface area contributed by atoms with Crippen molar-refractivity contribution in [3.63, 3.8) is 0 Å². The van der Waals surface area contributed by atoms with Gasteiger partial charge in [-0.1, -0.05) is 0 Å². The molecule has 0 aliphatic carbocycles. The van der Waals surface area contributed by atoms with Crippen LogP contribution in [0.3, 0.4) is 0 Å². The van der Waals surface area contributed by atoms with Crippen LogP contribution in [0.2, 0.25) is 0 Å². The molecule has 4 nitrogen and oxygen atoms in total. The highest BCUT2D eigenvalue weighted by Gasteiger charge is 2.11. The first-order valence-electron chi connectivity index (χ1n) is 5.16. The molecule has 0 radical (unpaired) electrons. The van der Waals surface area contributed by atoms with Crippen LogP contribution in [-0.2, 0) is 13.2 Å². The quantitative estimate of drug-likeness (QED) is 0.885. The second-order valence-corrected chi connectivity index (χ2v) is 4.79. The van der Waals surface area contributed by atoms with Crippen molar-refractivity contribution in [3.05, 3.63) is 33.0 Å². The molecule has 0 aliphatic heterocycles. The van der Waals surface area contributed by atoms with E-state index in [-0.39, 0.29) is 6.61 Å². The Bertz CT molecular complexity index is 501. The number of aryl methyl sites for hydroxylation is 2. The largest absolute Gasteiger partial charge is 0.392 e. The Morgan fingerprint density at radius 1 is 1.38 bits per heavy atom. The summed E-state index contributed by atoms with van der Waals surface area (Å²) in [5, 5.41) is 16.7. The fraction of sp³-hybridized carbons (Fsp3) is 0.455. The average Bonchev–Trinajstić information content (AvgIpc) is 2.74. The minimum absolute atomic E-state index is 0.0502. The molecule has 0 aromatic carbocycles. The van der Waals surface area contributed by atoms with Gasteiger partial charge in [0.15, 0.2) is 0 Å². The first-order valence-corrected chi connectivity index (χ1v) is 6.04. The number of aliphatic hydroxyl groups excluding tert-OH is 1. The highest BCUT2D eigenvalue weighted by molar-refractivity contribution is 7.09. The van der Waals surface area contributed by atoms with Gasteiger partial charge >= 0.3 is 0 Å². The molecule has 0 unspecified atom stereocenters. The van der Waals surface area contributed by atoms with Crippen LogP contribution in [0.5, 0.6) is 0 Å². The van der Waals surface area contributed by atoms with Crippen LogP contribution < -0.4 is 0 Å². The lowest BCUT2D eigenvalue weighted by molar-refractivity contribution is 0.280. The number of rotatable bonds is 3. The lowest BCUT2D eigenvalue weighted by atomic mass is 10.2. The molecule has 0 saturated heterocycles. The zero-order valence-electron chi connectivity index (χ0n) is 9.69. The number of nitrogens with zero attached hydrogens (tertiary/aromatic N) is 3. The van der Waals surface area contributed by atoms with Gasteiger partial charge in [-0.2, -0.15) is 5.10 Å². The SMILES string of the molecule is Cc1csc(Cn2nc(C)c(CO)c2C)n1. The van der Waals surface area contributed by atoms with Gasteiger partial charge in [-0.05, 0) is 20.8 Å². The molecule has 0 aliphatic rings. The predicted octanol–water partition coefficient (Wildman–Crippen LogP) is 1.81. The number of hydrogen-bond acceptors (Lipinski definition) is 4. The Labute approximate surface area is 98.6 Å². The van der Waals surface area contributed by atoms with Gasteiger partial charge in [-0.15, -0.1) is 11.3 Å². The maximum absolute atomic E-state index is 9.22. The van der Waals surface area contributed by atoms with Crippen LogP contribution in [-0.4, -0.2) is 19.9 Å². The van der Waals surface area contributed by atoms with Crippen molar-refractivity contribution in [1.29, 1.82) is 0 Å². The van der Waals surface area contributed by atoms with Crippen molar-refractivity contribution in [2.45, 2.75) is 33.9 Å². The molecule has 2 aromatic heterocycles. The second kappa shape index (κ2) is 4.35. The smallest absolute Gasteiger partial charge is 0.114 e. The van der Waals surface area contributed by atoms with Crippen LogP contribution in [0.25, 0.3) is 0 Å². The monoisotopic (exact) mass is 237 g/mol. The van der Waals surface area contributed by atoms with E-state index in [2.05, 4.69) is 10.1 Å². The van der Waals surface area contributed by atoms with Crippen LogP contribution in [0.1, 0.15) is 27.7 Å². The zero-order chi connectivity index (χ0) is 11.7.